The number of carbonyl (C=O) groups excluding carboxylic acids is 1. The molecule has 0 unspecified atom stereocenters. The van der Waals surface area contributed by atoms with Gasteiger partial charge in [-0.25, -0.2) is 4.79 Å². The van der Waals surface area contributed by atoms with Crippen LogP contribution in [0.2, 0.25) is 0 Å². The van der Waals surface area contributed by atoms with Crippen molar-refractivity contribution in [2.45, 2.75) is 27.4 Å². The van der Waals surface area contributed by atoms with Crippen molar-refractivity contribution in [3.63, 3.8) is 0 Å². The first-order chi connectivity index (χ1) is 11.1. The summed E-state index contributed by atoms with van der Waals surface area (Å²) in [4.78, 5) is 16.0. The van der Waals surface area contributed by atoms with E-state index in [9.17, 15) is 4.79 Å². The number of aryl methyl sites for hydroxylation is 1. The van der Waals surface area contributed by atoms with Crippen LogP contribution in [0, 0.1) is 13.8 Å². The first kappa shape index (κ1) is 16.8. The summed E-state index contributed by atoms with van der Waals surface area (Å²) in [6.07, 6.45) is 1.77. The van der Waals surface area contributed by atoms with E-state index in [4.69, 9.17) is 14.2 Å². The number of pyridine rings is 1. The third-order valence-electron chi connectivity index (χ3n) is 3.49. The van der Waals surface area contributed by atoms with E-state index in [2.05, 4.69) is 4.98 Å². The Balaban J connectivity index is 2.05. The highest BCUT2D eigenvalue weighted by molar-refractivity contribution is 5.89. The van der Waals surface area contributed by atoms with E-state index in [1.54, 1.807) is 44.5 Å². The molecule has 0 N–H and O–H groups in total. The number of methoxy groups -OCH3 is 1. The second kappa shape index (κ2) is 7.63. The molecular weight excluding hydrogens is 294 g/mol. The van der Waals surface area contributed by atoms with Crippen LogP contribution >= 0.6 is 0 Å². The topological polar surface area (TPSA) is 57.7 Å². The van der Waals surface area contributed by atoms with Gasteiger partial charge in [0, 0.05) is 17.3 Å². The molecule has 0 aliphatic carbocycles. The van der Waals surface area contributed by atoms with Gasteiger partial charge in [0.2, 0.25) is 0 Å². The Hall–Kier alpha value is -2.56. The normalized spacial score (nSPS) is 10.3. The van der Waals surface area contributed by atoms with Crippen LogP contribution in [0.4, 0.5) is 0 Å². The molecule has 0 atom stereocenters. The third kappa shape index (κ3) is 4.00. The molecule has 0 aliphatic heterocycles. The number of rotatable bonds is 6. The van der Waals surface area contributed by atoms with Crippen molar-refractivity contribution in [1.29, 1.82) is 0 Å². The largest absolute Gasteiger partial charge is 0.496 e. The average Bonchev–Trinajstić information content (AvgIpc) is 2.55. The molecule has 2 aromatic rings. The van der Waals surface area contributed by atoms with Gasteiger partial charge in [-0.2, -0.15) is 0 Å². The molecule has 0 saturated carbocycles. The van der Waals surface area contributed by atoms with Crippen LogP contribution in [0.1, 0.15) is 34.1 Å². The summed E-state index contributed by atoms with van der Waals surface area (Å²) in [5.74, 6) is 1.16. The Bertz CT molecular complexity index is 680. The SMILES string of the molecule is CCOC(=O)c1ccc(OCc2ncc(C)c(OC)c2C)cc1. The summed E-state index contributed by atoms with van der Waals surface area (Å²) in [5.41, 5.74) is 3.29. The number of carbonyl (C=O) groups is 1. The summed E-state index contributed by atoms with van der Waals surface area (Å²) in [6.45, 7) is 6.39. The number of esters is 1. The van der Waals surface area contributed by atoms with Crippen molar-refractivity contribution in [1.82, 2.24) is 4.98 Å². The van der Waals surface area contributed by atoms with E-state index in [-0.39, 0.29) is 5.97 Å². The van der Waals surface area contributed by atoms with Crippen LogP contribution in [0.3, 0.4) is 0 Å². The van der Waals surface area contributed by atoms with Gasteiger partial charge in [-0.1, -0.05) is 0 Å². The summed E-state index contributed by atoms with van der Waals surface area (Å²) in [7, 11) is 1.65. The van der Waals surface area contributed by atoms with Gasteiger partial charge in [0.15, 0.2) is 0 Å². The van der Waals surface area contributed by atoms with Crippen molar-refractivity contribution in [3.8, 4) is 11.5 Å². The number of aromatic nitrogens is 1. The molecule has 0 bridgehead atoms. The predicted molar refractivity (Wildman–Crippen MR) is 87.0 cm³/mol. The molecular formula is C18H21NO4. The lowest BCUT2D eigenvalue weighted by Gasteiger charge is -2.13. The predicted octanol–water partition coefficient (Wildman–Crippen LogP) is 3.46. The fourth-order valence-corrected chi connectivity index (χ4v) is 2.27. The zero-order valence-electron chi connectivity index (χ0n) is 13.9. The molecule has 0 aliphatic rings. The number of nitrogens with zero attached hydrogens (tertiary/aromatic N) is 1. The van der Waals surface area contributed by atoms with Crippen LogP contribution in [0.15, 0.2) is 30.5 Å². The molecule has 0 spiro atoms. The highest BCUT2D eigenvalue weighted by Gasteiger charge is 2.10. The van der Waals surface area contributed by atoms with Crippen LogP contribution in [0.25, 0.3) is 0 Å². The van der Waals surface area contributed by atoms with Gasteiger partial charge < -0.3 is 14.2 Å². The molecule has 0 radical (unpaired) electrons. The van der Waals surface area contributed by atoms with Crippen molar-refractivity contribution in [2.24, 2.45) is 0 Å². The first-order valence-electron chi connectivity index (χ1n) is 7.45. The van der Waals surface area contributed by atoms with Crippen molar-refractivity contribution < 1.29 is 19.0 Å². The quantitative estimate of drug-likeness (QED) is 0.764. The Morgan fingerprint density at radius 1 is 1.17 bits per heavy atom. The zero-order valence-corrected chi connectivity index (χ0v) is 13.9. The maximum Gasteiger partial charge on any atom is 0.338 e. The minimum absolute atomic E-state index is 0.333. The summed E-state index contributed by atoms with van der Waals surface area (Å²) in [5, 5.41) is 0. The van der Waals surface area contributed by atoms with Crippen LogP contribution in [-0.4, -0.2) is 24.7 Å². The Morgan fingerprint density at radius 2 is 1.87 bits per heavy atom. The van der Waals surface area contributed by atoms with Gasteiger partial charge in [-0.05, 0) is 45.0 Å². The van der Waals surface area contributed by atoms with E-state index in [0.717, 1.165) is 22.6 Å². The molecule has 0 saturated heterocycles. The maximum absolute atomic E-state index is 11.6. The Morgan fingerprint density at radius 3 is 2.48 bits per heavy atom. The summed E-state index contributed by atoms with van der Waals surface area (Å²) in [6, 6.07) is 6.85. The van der Waals surface area contributed by atoms with Crippen LogP contribution in [0.5, 0.6) is 11.5 Å². The number of benzene rings is 1. The van der Waals surface area contributed by atoms with E-state index in [1.807, 2.05) is 13.8 Å². The minimum atomic E-state index is -0.333. The van der Waals surface area contributed by atoms with Gasteiger partial charge in [0.1, 0.15) is 18.1 Å². The average molecular weight is 315 g/mol. The lowest BCUT2D eigenvalue weighted by Crippen LogP contribution is -2.05. The van der Waals surface area contributed by atoms with E-state index < -0.39 is 0 Å². The molecule has 5 nitrogen and oxygen atoms in total. The Kier molecular flexibility index (Phi) is 5.57. The van der Waals surface area contributed by atoms with Crippen molar-refractivity contribution in [2.75, 3.05) is 13.7 Å². The van der Waals surface area contributed by atoms with Gasteiger partial charge in [0.05, 0.1) is 25.0 Å². The van der Waals surface area contributed by atoms with Crippen LogP contribution in [-0.2, 0) is 11.3 Å². The fraction of sp³-hybridized carbons (Fsp3) is 0.333. The number of hydrogen-bond donors (Lipinski definition) is 0. The summed E-state index contributed by atoms with van der Waals surface area (Å²) >= 11 is 0. The molecule has 23 heavy (non-hydrogen) atoms. The molecule has 1 heterocycles. The van der Waals surface area contributed by atoms with Crippen LogP contribution < -0.4 is 9.47 Å². The first-order valence-corrected chi connectivity index (χ1v) is 7.45. The van der Waals surface area contributed by atoms with E-state index in [1.165, 1.54) is 0 Å². The monoisotopic (exact) mass is 315 g/mol. The highest BCUT2D eigenvalue weighted by Crippen LogP contribution is 2.25. The molecule has 2 rings (SSSR count). The van der Waals surface area contributed by atoms with Gasteiger partial charge in [-0.15, -0.1) is 0 Å². The smallest absolute Gasteiger partial charge is 0.338 e. The number of ether oxygens (including phenoxy) is 3. The highest BCUT2D eigenvalue weighted by atomic mass is 16.5. The number of hydrogen-bond acceptors (Lipinski definition) is 5. The lowest BCUT2D eigenvalue weighted by atomic mass is 10.1. The molecule has 122 valence electrons. The van der Waals surface area contributed by atoms with Gasteiger partial charge >= 0.3 is 5.97 Å². The van der Waals surface area contributed by atoms with Crippen molar-refractivity contribution in [3.05, 3.63) is 52.8 Å². The van der Waals surface area contributed by atoms with Gasteiger partial charge in [0.25, 0.3) is 0 Å². The second-order valence-electron chi connectivity index (χ2n) is 5.08. The minimum Gasteiger partial charge on any atom is -0.496 e. The van der Waals surface area contributed by atoms with Gasteiger partial charge in [-0.3, -0.25) is 4.98 Å². The van der Waals surface area contributed by atoms with Crippen molar-refractivity contribution >= 4 is 5.97 Å². The Labute approximate surface area is 136 Å². The standard InChI is InChI=1S/C18H21NO4/c1-5-22-18(20)14-6-8-15(9-7-14)23-11-16-13(3)17(21-4)12(2)10-19-16/h6-10H,5,11H2,1-4H3. The molecule has 0 fully saturated rings. The third-order valence-corrected chi connectivity index (χ3v) is 3.49. The second-order valence-corrected chi connectivity index (χ2v) is 5.08. The lowest BCUT2D eigenvalue weighted by molar-refractivity contribution is 0.0526. The molecule has 0 amide bonds. The molecule has 1 aromatic heterocycles. The zero-order chi connectivity index (χ0) is 16.8. The molecule has 1 aromatic carbocycles. The fourth-order valence-electron chi connectivity index (χ4n) is 2.27. The van der Waals surface area contributed by atoms with E-state index in [0.29, 0.717) is 24.5 Å². The van der Waals surface area contributed by atoms with E-state index >= 15 is 0 Å². The molecule has 5 heteroatoms. The maximum atomic E-state index is 11.6. The summed E-state index contributed by atoms with van der Waals surface area (Å²) < 4.78 is 16.1.